The molecule has 0 amide bonds. The van der Waals surface area contributed by atoms with E-state index in [2.05, 4.69) is 10.2 Å². The van der Waals surface area contributed by atoms with Gasteiger partial charge in [-0.3, -0.25) is 10.1 Å². The number of nitrogens with zero attached hydrogens (tertiary/aromatic N) is 3. The number of aliphatic hydroxyl groups is 1. The van der Waals surface area contributed by atoms with Crippen LogP contribution in [0.4, 0.5) is 5.69 Å². The molecule has 0 radical (unpaired) electrons. The molecule has 0 spiro atoms. The van der Waals surface area contributed by atoms with Crippen molar-refractivity contribution in [2.75, 3.05) is 0 Å². The van der Waals surface area contributed by atoms with Crippen molar-refractivity contribution in [3.05, 3.63) is 38.9 Å². The van der Waals surface area contributed by atoms with Gasteiger partial charge in [0.2, 0.25) is 0 Å². The van der Waals surface area contributed by atoms with Crippen molar-refractivity contribution in [1.29, 1.82) is 0 Å². The lowest BCUT2D eigenvalue weighted by atomic mass is 10.2. The Hall–Kier alpha value is -1.51. The molecule has 6 nitrogen and oxygen atoms in total. The highest BCUT2D eigenvalue weighted by Gasteiger charge is 2.17. The molecule has 0 atom stereocenters. The van der Waals surface area contributed by atoms with Crippen molar-refractivity contribution in [3.63, 3.8) is 0 Å². The molecular weight excluding hydrogens is 274 g/mol. The summed E-state index contributed by atoms with van der Waals surface area (Å²) in [7, 11) is 0. The molecule has 0 saturated heterocycles. The number of rotatable bonds is 4. The molecule has 2 aromatic rings. The number of benzene rings is 1. The van der Waals surface area contributed by atoms with Crippen LogP contribution in [0.1, 0.15) is 10.6 Å². The summed E-state index contributed by atoms with van der Waals surface area (Å²) in [6.07, 6.45) is 0. The predicted molar refractivity (Wildman–Crippen MR) is 67.8 cm³/mol. The molecule has 1 heterocycles. The zero-order valence-electron chi connectivity index (χ0n) is 9.36. The van der Waals surface area contributed by atoms with Gasteiger partial charge in [-0.25, -0.2) is 0 Å². The van der Waals surface area contributed by atoms with Gasteiger partial charge < -0.3 is 5.11 Å². The number of aryl methyl sites for hydroxylation is 1. The molecule has 1 N–H and O–H groups in total. The van der Waals surface area contributed by atoms with Crippen LogP contribution >= 0.6 is 23.1 Å². The molecule has 1 aromatic carbocycles. The Morgan fingerprint density at radius 2 is 2.28 bits per heavy atom. The lowest BCUT2D eigenvalue weighted by molar-refractivity contribution is -0.387. The van der Waals surface area contributed by atoms with Gasteiger partial charge in [-0.2, -0.15) is 0 Å². The summed E-state index contributed by atoms with van der Waals surface area (Å²) in [5, 5.41) is 28.5. The lowest BCUT2D eigenvalue weighted by Gasteiger charge is -2.02. The smallest absolute Gasteiger partial charge is 0.283 e. The number of hydrogen-bond donors (Lipinski definition) is 1. The van der Waals surface area contributed by atoms with Gasteiger partial charge in [0, 0.05) is 6.07 Å². The van der Waals surface area contributed by atoms with Crippen molar-refractivity contribution in [3.8, 4) is 0 Å². The topological polar surface area (TPSA) is 89.2 Å². The monoisotopic (exact) mass is 283 g/mol. The van der Waals surface area contributed by atoms with E-state index in [4.69, 9.17) is 5.11 Å². The fraction of sp³-hybridized carbons (Fsp3) is 0.200. The van der Waals surface area contributed by atoms with Gasteiger partial charge in [-0.05, 0) is 18.6 Å². The lowest BCUT2D eigenvalue weighted by Crippen LogP contribution is -1.93. The summed E-state index contributed by atoms with van der Waals surface area (Å²) in [4.78, 5) is 11.0. The molecule has 1 aromatic heterocycles. The van der Waals surface area contributed by atoms with Gasteiger partial charge in [0.1, 0.15) is 5.01 Å². The molecule has 0 unspecified atom stereocenters. The normalized spacial score (nSPS) is 10.6. The summed E-state index contributed by atoms with van der Waals surface area (Å²) >= 11 is 2.59. The van der Waals surface area contributed by atoms with Crippen LogP contribution in [0.15, 0.2) is 27.4 Å². The first kappa shape index (κ1) is 12.9. The fourth-order valence-electron chi connectivity index (χ4n) is 1.30. The van der Waals surface area contributed by atoms with Crippen LogP contribution in [0.5, 0.6) is 0 Å². The number of nitro benzene ring substituents is 1. The van der Waals surface area contributed by atoms with Crippen LogP contribution in [0.2, 0.25) is 0 Å². The van der Waals surface area contributed by atoms with E-state index in [0.29, 0.717) is 14.8 Å². The molecule has 0 saturated carbocycles. The van der Waals surface area contributed by atoms with Gasteiger partial charge in [0.25, 0.3) is 5.69 Å². The first-order valence-corrected chi connectivity index (χ1v) is 6.59. The molecule has 18 heavy (non-hydrogen) atoms. The molecule has 2 rings (SSSR count). The zero-order valence-corrected chi connectivity index (χ0v) is 11.0. The first-order chi connectivity index (χ1) is 8.60. The van der Waals surface area contributed by atoms with Crippen LogP contribution in [0.25, 0.3) is 0 Å². The summed E-state index contributed by atoms with van der Waals surface area (Å²) in [5.74, 6) is 0. The van der Waals surface area contributed by atoms with Gasteiger partial charge in [0.05, 0.1) is 16.4 Å². The van der Waals surface area contributed by atoms with Crippen molar-refractivity contribution in [2.45, 2.75) is 22.8 Å². The van der Waals surface area contributed by atoms with Gasteiger partial charge in [-0.1, -0.05) is 29.2 Å². The largest absolute Gasteiger partial charge is 0.392 e. The van der Waals surface area contributed by atoms with E-state index >= 15 is 0 Å². The molecule has 0 aliphatic rings. The van der Waals surface area contributed by atoms with Gasteiger partial charge in [0.15, 0.2) is 4.34 Å². The minimum atomic E-state index is -0.463. The molecule has 94 valence electrons. The van der Waals surface area contributed by atoms with E-state index in [1.54, 1.807) is 12.1 Å². The Bertz CT molecular complexity index is 585. The summed E-state index contributed by atoms with van der Waals surface area (Å²) in [5.41, 5.74) is 0.485. The summed E-state index contributed by atoms with van der Waals surface area (Å²) in [6.45, 7) is 1.61. The predicted octanol–water partition coefficient (Wildman–Crippen LogP) is 2.40. The van der Waals surface area contributed by atoms with E-state index in [0.717, 1.165) is 5.01 Å². The van der Waals surface area contributed by atoms with Crippen LogP contribution in [-0.2, 0) is 6.61 Å². The molecule has 0 aliphatic heterocycles. The third-order valence-electron chi connectivity index (χ3n) is 2.11. The minimum absolute atomic E-state index is 0.0283. The second kappa shape index (κ2) is 5.42. The highest BCUT2D eigenvalue weighted by atomic mass is 32.2. The van der Waals surface area contributed by atoms with Gasteiger partial charge in [-0.15, -0.1) is 10.2 Å². The van der Waals surface area contributed by atoms with E-state index in [-0.39, 0.29) is 12.3 Å². The van der Waals surface area contributed by atoms with E-state index < -0.39 is 4.92 Å². The maximum absolute atomic E-state index is 11.0. The Labute approximate surface area is 111 Å². The zero-order chi connectivity index (χ0) is 13.1. The third-order valence-corrected chi connectivity index (χ3v) is 4.06. The number of nitro groups is 1. The van der Waals surface area contributed by atoms with Crippen molar-refractivity contribution in [1.82, 2.24) is 10.2 Å². The van der Waals surface area contributed by atoms with Crippen LogP contribution in [0, 0.1) is 17.0 Å². The average Bonchev–Trinajstić information content (AvgIpc) is 2.75. The number of aromatic nitrogens is 2. The van der Waals surface area contributed by atoms with Crippen molar-refractivity contribution >= 4 is 28.8 Å². The number of aliphatic hydroxyl groups excluding tert-OH is 1. The van der Waals surface area contributed by atoms with E-state index in [1.165, 1.54) is 29.2 Å². The third kappa shape index (κ3) is 2.84. The Kier molecular flexibility index (Phi) is 3.90. The highest BCUT2D eigenvalue weighted by molar-refractivity contribution is 8.01. The second-order valence-electron chi connectivity index (χ2n) is 3.41. The fourth-order valence-corrected chi connectivity index (χ4v) is 3.16. The maximum atomic E-state index is 11.0. The molecule has 8 heteroatoms. The highest BCUT2D eigenvalue weighted by Crippen LogP contribution is 2.36. The minimum Gasteiger partial charge on any atom is -0.392 e. The summed E-state index contributed by atoms with van der Waals surface area (Å²) in [6, 6.07) is 4.64. The standard InChI is InChI=1S/C10H9N3O3S2/c1-6-11-12-10(17-6)18-9-3-2-7(5-14)4-8(9)13(15)16/h2-4,14H,5H2,1H3. The van der Waals surface area contributed by atoms with E-state index in [1.807, 2.05) is 6.92 Å². The van der Waals surface area contributed by atoms with E-state index in [9.17, 15) is 10.1 Å². The first-order valence-electron chi connectivity index (χ1n) is 4.96. The van der Waals surface area contributed by atoms with Crippen molar-refractivity contribution < 1.29 is 10.0 Å². The Morgan fingerprint density at radius 3 is 2.83 bits per heavy atom. The summed E-state index contributed by atoms with van der Waals surface area (Å²) < 4.78 is 0.660. The maximum Gasteiger partial charge on any atom is 0.283 e. The van der Waals surface area contributed by atoms with Gasteiger partial charge >= 0.3 is 0 Å². The van der Waals surface area contributed by atoms with Crippen molar-refractivity contribution in [2.24, 2.45) is 0 Å². The molecule has 0 aliphatic carbocycles. The Morgan fingerprint density at radius 1 is 1.50 bits per heavy atom. The van der Waals surface area contributed by atoms with Crippen LogP contribution in [-0.4, -0.2) is 20.2 Å². The molecule has 0 fully saturated rings. The number of hydrogen-bond acceptors (Lipinski definition) is 7. The quantitative estimate of drug-likeness (QED) is 0.684. The second-order valence-corrected chi connectivity index (χ2v) is 5.88. The van der Waals surface area contributed by atoms with Crippen LogP contribution < -0.4 is 0 Å². The Balaban J connectivity index is 2.34. The molecule has 0 bridgehead atoms. The SMILES string of the molecule is Cc1nnc(Sc2ccc(CO)cc2[N+](=O)[O-])s1. The molecular formula is C10H9N3O3S2. The average molecular weight is 283 g/mol. The van der Waals surface area contributed by atoms with Crippen LogP contribution in [0.3, 0.4) is 0 Å².